The molecule has 0 bridgehead atoms. The minimum absolute atomic E-state index is 0.166. The molecule has 2 rings (SSSR count). The van der Waals surface area contributed by atoms with Crippen molar-refractivity contribution in [1.82, 2.24) is 10.7 Å². The summed E-state index contributed by atoms with van der Waals surface area (Å²) in [6.45, 7) is 1.37. The Morgan fingerprint density at radius 3 is 2.62 bits per heavy atom. The van der Waals surface area contributed by atoms with Crippen LogP contribution in [0.1, 0.15) is 6.92 Å². The van der Waals surface area contributed by atoms with Crippen LogP contribution in [0.4, 0.5) is 0 Å². The van der Waals surface area contributed by atoms with Crippen LogP contribution in [0.3, 0.4) is 0 Å². The summed E-state index contributed by atoms with van der Waals surface area (Å²) in [5.41, 5.74) is 1.97. The van der Waals surface area contributed by atoms with E-state index in [-0.39, 0.29) is 12.5 Å². The maximum Gasteiger partial charge on any atom is 0.258 e. The highest BCUT2D eigenvalue weighted by atomic mass is 16.5. The van der Waals surface area contributed by atoms with Gasteiger partial charge in [-0.15, -0.1) is 0 Å². The molecule has 0 aromatic heterocycles. The molecule has 0 fully saturated rings. The number of benzene rings is 2. The Bertz CT molecular complexity index is 657. The Morgan fingerprint density at radius 2 is 1.90 bits per heavy atom. The lowest BCUT2D eigenvalue weighted by Crippen LogP contribution is -2.48. The molecule has 6 nitrogen and oxygen atoms in total. The van der Waals surface area contributed by atoms with E-state index in [9.17, 15) is 9.59 Å². The van der Waals surface area contributed by atoms with Crippen LogP contribution in [0.15, 0.2) is 42.5 Å². The summed E-state index contributed by atoms with van der Waals surface area (Å²) in [6, 6.07) is 12.7. The fraction of sp³-hybridized carbons (Fsp3) is 0.200. The number of amides is 2. The SMILES string of the molecule is C[C@@H](NC(=O)COc1ccc2ccccc2c1)C(=O)NN. The van der Waals surface area contributed by atoms with Crippen LogP contribution in [-0.2, 0) is 9.59 Å². The minimum Gasteiger partial charge on any atom is -0.484 e. The van der Waals surface area contributed by atoms with Crippen molar-refractivity contribution in [1.29, 1.82) is 0 Å². The zero-order valence-electron chi connectivity index (χ0n) is 11.6. The lowest BCUT2D eigenvalue weighted by atomic mass is 10.1. The fourth-order valence-electron chi connectivity index (χ4n) is 1.88. The van der Waals surface area contributed by atoms with Crippen LogP contribution >= 0.6 is 0 Å². The van der Waals surface area contributed by atoms with E-state index in [2.05, 4.69) is 5.32 Å². The maximum atomic E-state index is 11.7. The van der Waals surface area contributed by atoms with E-state index < -0.39 is 11.9 Å². The molecule has 1 atom stereocenters. The molecule has 0 heterocycles. The van der Waals surface area contributed by atoms with Gasteiger partial charge in [-0.25, -0.2) is 5.84 Å². The van der Waals surface area contributed by atoms with Crippen molar-refractivity contribution in [3.05, 3.63) is 42.5 Å². The van der Waals surface area contributed by atoms with E-state index in [4.69, 9.17) is 10.6 Å². The van der Waals surface area contributed by atoms with Gasteiger partial charge in [0.25, 0.3) is 11.8 Å². The molecule has 0 saturated carbocycles. The molecule has 21 heavy (non-hydrogen) atoms. The highest BCUT2D eigenvalue weighted by Crippen LogP contribution is 2.20. The molecule has 0 aliphatic heterocycles. The van der Waals surface area contributed by atoms with Crippen LogP contribution < -0.4 is 21.3 Å². The van der Waals surface area contributed by atoms with Crippen molar-refractivity contribution in [2.45, 2.75) is 13.0 Å². The van der Waals surface area contributed by atoms with Crippen LogP contribution in [0.25, 0.3) is 10.8 Å². The third-order valence-electron chi connectivity index (χ3n) is 3.00. The summed E-state index contributed by atoms with van der Waals surface area (Å²) in [5.74, 6) is 4.73. The summed E-state index contributed by atoms with van der Waals surface area (Å²) in [7, 11) is 0. The number of hydrogen-bond donors (Lipinski definition) is 3. The highest BCUT2D eigenvalue weighted by molar-refractivity contribution is 5.87. The lowest BCUT2D eigenvalue weighted by Gasteiger charge is -2.12. The standard InChI is InChI=1S/C15H17N3O3/c1-10(15(20)18-16)17-14(19)9-21-13-7-6-11-4-2-3-5-12(11)8-13/h2-8,10H,9,16H2,1H3,(H,17,19)(H,18,20)/t10-/m1/s1. The van der Waals surface area contributed by atoms with Crippen molar-refractivity contribution in [3.63, 3.8) is 0 Å². The zero-order chi connectivity index (χ0) is 15.2. The van der Waals surface area contributed by atoms with Crippen LogP contribution in [0.5, 0.6) is 5.75 Å². The van der Waals surface area contributed by atoms with Crippen molar-refractivity contribution >= 4 is 22.6 Å². The van der Waals surface area contributed by atoms with Gasteiger partial charge < -0.3 is 10.1 Å². The Hall–Kier alpha value is -2.60. The number of rotatable bonds is 5. The Balaban J connectivity index is 1.92. The molecule has 0 saturated heterocycles. The van der Waals surface area contributed by atoms with Gasteiger partial charge in [0.2, 0.25) is 0 Å². The number of nitrogens with two attached hydrogens (primary N) is 1. The van der Waals surface area contributed by atoms with E-state index >= 15 is 0 Å². The summed E-state index contributed by atoms with van der Waals surface area (Å²) in [5, 5.41) is 4.62. The largest absolute Gasteiger partial charge is 0.484 e. The smallest absolute Gasteiger partial charge is 0.258 e. The first kappa shape index (κ1) is 14.8. The number of nitrogens with one attached hydrogen (secondary N) is 2. The predicted molar refractivity (Wildman–Crippen MR) is 79.4 cm³/mol. The van der Waals surface area contributed by atoms with Gasteiger partial charge >= 0.3 is 0 Å². The van der Waals surface area contributed by atoms with E-state index in [1.807, 2.05) is 41.8 Å². The van der Waals surface area contributed by atoms with Crippen molar-refractivity contribution in [2.75, 3.05) is 6.61 Å². The van der Waals surface area contributed by atoms with Gasteiger partial charge in [-0.3, -0.25) is 15.0 Å². The van der Waals surface area contributed by atoms with Gasteiger partial charge in [0, 0.05) is 0 Å². The van der Waals surface area contributed by atoms with Gasteiger partial charge in [0.05, 0.1) is 0 Å². The molecule has 2 aromatic rings. The summed E-state index contributed by atoms with van der Waals surface area (Å²) >= 11 is 0. The number of carbonyl (C=O) groups is 2. The normalized spacial score (nSPS) is 11.7. The van der Waals surface area contributed by atoms with Crippen LogP contribution in [0, 0.1) is 0 Å². The van der Waals surface area contributed by atoms with E-state index in [1.165, 1.54) is 6.92 Å². The maximum absolute atomic E-state index is 11.7. The lowest BCUT2D eigenvalue weighted by molar-refractivity contribution is -0.129. The van der Waals surface area contributed by atoms with E-state index in [0.29, 0.717) is 5.75 Å². The quantitative estimate of drug-likeness (QED) is 0.429. The molecule has 6 heteroatoms. The number of hydrogen-bond acceptors (Lipinski definition) is 4. The summed E-state index contributed by atoms with van der Waals surface area (Å²) in [6.07, 6.45) is 0. The Kier molecular flexibility index (Phi) is 4.73. The Morgan fingerprint density at radius 1 is 1.19 bits per heavy atom. The first-order valence-electron chi connectivity index (χ1n) is 6.51. The molecular weight excluding hydrogens is 270 g/mol. The van der Waals surface area contributed by atoms with Gasteiger partial charge in [-0.1, -0.05) is 30.3 Å². The zero-order valence-corrected chi connectivity index (χ0v) is 11.6. The molecule has 0 aliphatic rings. The van der Waals surface area contributed by atoms with E-state index in [0.717, 1.165) is 10.8 Å². The van der Waals surface area contributed by atoms with Gasteiger partial charge in [-0.05, 0) is 29.8 Å². The minimum atomic E-state index is -0.706. The average Bonchev–Trinajstić information content (AvgIpc) is 2.51. The van der Waals surface area contributed by atoms with Crippen molar-refractivity contribution in [3.8, 4) is 5.75 Å². The average molecular weight is 287 g/mol. The number of fused-ring (bicyclic) bond motifs is 1. The molecule has 0 aliphatic carbocycles. The second-order valence-electron chi connectivity index (χ2n) is 4.60. The monoisotopic (exact) mass is 287 g/mol. The third-order valence-corrected chi connectivity index (χ3v) is 3.00. The molecule has 0 spiro atoms. The molecule has 2 aromatic carbocycles. The molecule has 110 valence electrons. The van der Waals surface area contributed by atoms with E-state index in [1.54, 1.807) is 6.07 Å². The third kappa shape index (κ3) is 3.93. The van der Waals surface area contributed by atoms with Gasteiger partial charge in [-0.2, -0.15) is 0 Å². The second-order valence-corrected chi connectivity index (χ2v) is 4.60. The molecule has 4 N–H and O–H groups in total. The number of carbonyl (C=O) groups excluding carboxylic acids is 2. The summed E-state index contributed by atoms with van der Waals surface area (Å²) in [4.78, 5) is 22.8. The molecule has 0 unspecified atom stereocenters. The predicted octanol–water partition coefficient (Wildman–Crippen LogP) is 0.713. The van der Waals surface area contributed by atoms with Crippen molar-refractivity contribution in [2.24, 2.45) is 5.84 Å². The molecule has 0 radical (unpaired) electrons. The fourth-order valence-corrected chi connectivity index (χ4v) is 1.88. The molecule has 2 amide bonds. The van der Waals surface area contributed by atoms with Crippen molar-refractivity contribution < 1.29 is 14.3 Å². The summed E-state index contributed by atoms with van der Waals surface area (Å²) < 4.78 is 5.42. The second kappa shape index (κ2) is 6.71. The topological polar surface area (TPSA) is 93.4 Å². The Labute approximate surface area is 122 Å². The molecular formula is C15H17N3O3. The first-order valence-corrected chi connectivity index (χ1v) is 6.51. The van der Waals surface area contributed by atoms with Gasteiger partial charge in [0.15, 0.2) is 6.61 Å². The number of hydrazine groups is 1. The number of ether oxygens (including phenoxy) is 1. The van der Waals surface area contributed by atoms with Crippen LogP contribution in [0.2, 0.25) is 0 Å². The highest BCUT2D eigenvalue weighted by Gasteiger charge is 2.14. The van der Waals surface area contributed by atoms with Crippen LogP contribution in [-0.4, -0.2) is 24.5 Å². The first-order chi connectivity index (χ1) is 10.1. The van der Waals surface area contributed by atoms with Gasteiger partial charge in [0.1, 0.15) is 11.8 Å².